The minimum absolute atomic E-state index is 0.156. The molecule has 25 heavy (non-hydrogen) atoms. The van der Waals surface area contributed by atoms with Crippen molar-refractivity contribution in [3.63, 3.8) is 0 Å². The second-order valence-electron chi connectivity index (χ2n) is 6.85. The molecule has 1 atom stereocenters. The predicted octanol–water partition coefficient (Wildman–Crippen LogP) is 4.41. The van der Waals surface area contributed by atoms with Crippen LogP contribution in [0.15, 0.2) is 30.5 Å². The number of pyridine rings is 1. The van der Waals surface area contributed by atoms with E-state index in [9.17, 15) is 4.79 Å². The highest BCUT2D eigenvalue weighted by Crippen LogP contribution is 2.31. The van der Waals surface area contributed by atoms with E-state index in [2.05, 4.69) is 31.1 Å². The number of nitrogens with zero attached hydrogens (tertiary/aromatic N) is 1. The van der Waals surface area contributed by atoms with E-state index in [1.165, 1.54) is 0 Å². The molecule has 0 saturated heterocycles. The zero-order valence-electron chi connectivity index (χ0n) is 15.8. The van der Waals surface area contributed by atoms with Gasteiger partial charge in [0.1, 0.15) is 16.9 Å². The average molecular weight is 344 g/mol. The lowest BCUT2D eigenvalue weighted by molar-refractivity contribution is -0.137. The van der Waals surface area contributed by atoms with Crippen LogP contribution in [0.25, 0.3) is 10.9 Å². The Kier molecular flexibility index (Phi) is 6.37. The van der Waals surface area contributed by atoms with Gasteiger partial charge in [0, 0.05) is 18.7 Å². The normalized spacial score (nSPS) is 13.7. The molecule has 1 aromatic carbocycles. The van der Waals surface area contributed by atoms with Crippen LogP contribution in [-0.2, 0) is 9.53 Å². The summed E-state index contributed by atoms with van der Waals surface area (Å²) in [7, 11) is 1.57. The minimum Gasteiger partial charge on any atom is -0.491 e. The first-order valence-electron chi connectivity index (χ1n) is 8.78. The molecule has 136 valence electrons. The summed E-state index contributed by atoms with van der Waals surface area (Å²) in [5.41, 5.74) is 0.584. The van der Waals surface area contributed by atoms with Crippen LogP contribution in [0.5, 0.6) is 5.75 Å². The van der Waals surface area contributed by atoms with Crippen molar-refractivity contribution in [1.29, 1.82) is 0 Å². The van der Waals surface area contributed by atoms with Crippen LogP contribution in [0, 0.1) is 5.92 Å². The molecule has 2 aromatic rings. The van der Waals surface area contributed by atoms with E-state index in [1.807, 2.05) is 31.2 Å². The summed E-state index contributed by atoms with van der Waals surface area (Å²) >= 11 is 0. The van der Waals surface area contributed by atoms with E-state index in [-0.39, 0.29) is 5.91 Å². The van der Waals surface area contributed by atoms with Gasteiger partial charge in [0.05, 0.1) is 12.3 Å². The van der Waals surface area contributed by atoms with Gasteiger partial charge in [0.2, 0.25) is 0 Å². The first-order chi connectivity index (χ1) is 11.9. The lowest BCUT2D eigenvalue weighted by Gasteiger charge is -2.28. The number of hydrogen-bond acceptors (Lipinski definition) is 4. The van der Waals surface area contributed by atoms with Gasteiger partial charge >= 0.3 is 0 Å². The zero-order valence-corrected chi connectivity index (χ0v) is 15.8. The maximum absolute atomic E-state index is 12.8. The van der Waals surface area contributed by atoms with Gasteiger partial charge in [0.25, 0.3) is 5.91 Å². The quantitative estimate of drug-likeness (QED) is 0.770. The molecule has 0 saturated carbocycles. The number of carbonyl (C=O) groups is 1. The third-order valence-corrected chi connectivity index (χ3v) is 4.17. The predicted molar refractivity (Wildman–Crippen MR) is 101 cm³/mol. The number of hydrogen-bond donors (Lipinski definition) is 1. The standard InChI is InChI=1S/C20H28N2O3/c1-6-12-25-17-10-9-16(15-8-7-11-21-18(15)17)22-19(23)20(4,24-5)13-14(2)3/h7-11,14H,6,12-13H2,1-5H3,(H,22,23)/t20-/m1/s1. The molecule has 2 rings (SSSR count). The maximum atomic E-state index is 12.8. The van der Waals surface area contributed by atoms with E-state index in [0.717, 1.165) is 23.1 Å². The fourth-order valence-electron chi connectivity index (χ4n) is 2.89. The molecule has 0 radical (unpaired) electrons. The molecule has 0 spiro atoms. The lowest BCUT2D eigenvalue weighted by Crippen LogP contribution is -2.43. The molecule has 1 aromatic heterocycles. The molecule has 1 heterocycles. The van der Waals surface area contributed by atoms with Gasteiger partial charge in [-0.15, -0.1) is 0 Å². The number of amides is 1. The van der Waals surface area contributed by atoms with Gasteiger partial charge in [-0.3, -0.25) is 9.78 Å². The van der Waals surface area contributed by atoms with Crippen LogP contribution in [0.3, 0.4) is 0 Å². The summed E-state index contributed by atoms with van der Waals surface area (Å²) in [4.78, 5) is 17.2. The Hall–Kier alpha value is -2.14. The smallest absolute Gasteiger partial charge is 0.256 e. The molecule has 0 bridgehead atoms. The van der Waals surface area contributed by atoms with E-state index >= 15 is 0 Å². The molecule has 0 aliphatic heterocycles. The highest BCUT2D eigenvalue weighted by molar-refractivity contribution is 6.05. The minimum atomic E-state index is -0.875. The van der Waals surface area contributed by atoms with Crippen molar-refractivity contribution >= 4 is 22.5 Å². The number of carbonyl (C=O) groups excluding carboxylic acids is 1. The monoisotopic (exact) mass is 344 g/mol. The van der Waals surface area contributed by atoms with Gasteiger partial charge in [-0.25, -0.2) is 0 Å². The Balaban J connectivity index is 2.34. The number of aromatic nitrogens is 1. The molecular formula is C20H28N2O3. The topological polar surface area (TPSA) is 60.5 Å². The summed E-state index contributed by atoms with van der Waals surface area (Å²) in [6, 6.07) is 7.50. The highest BCUT2D eigenvalue weighted by Gasteiger charge is 2.34. The number of benzene rings is 1. The Bertz CT molecular complexity index is 730. The van der Waals surface area contributed by atoms with Crippen molar-refractivity contribution in [3.8, 4) is 5.75 Å². The van der Waals surface area contributed by atoms with Crippen molar-refractivity contribution in [2.24, 2.45) is 5.92 Å². The third kappa shape index (κ3) is 4.48. The highest BCUT2D eigenvalue weighted by atomic mass is 16.5. The second-order valence-corrected chi connectivity index (χ2v) is 6.85. The van der Waals surface area contributed by atoms with Crippen LogP contribution in [0.1, 0.15) is 40.5 Å². The Morgan fingerprint density at radius 2 is 2.08 bits per heavy atom. The van der Waals surface area contributed by atoms with E-state index in [0.29, 0.717) is 24.6 Å². The Labute approximate surface area is 149 Å². The first-order valence-corrected chi connectivity index (χ1v) is 8.78. The van der Waals surface area contributed by atoms with Crippen LogP contribution in [-0.4, -0.2) is 30.2 Å². The number of ether oxygens (including phenoxy) is 2. The molecular weight excluding hydrogens is 316 g/mol. The summed E-state index contributed by atoms with van der Waals surface area (Å²) in [6.45, 7) is 8.66. The fourth-order valence-corrected chi connectivity index (χ4v) is 2.89. The van der Waals surface area contributed by atoms with Crippen molar-refractivity contribution in [2.75, 3.05) is 19.0 Å². The van der Waals surface area contributed by atoms with Gasteiger partial charge in [0.15, 0.2) is 0 Å². The maximum Gasteiger partial charge on any atom is 0.256 e. The largest absolute Gasteiger partial charge is 0.491 e. The fraction of sp³-hybridized carbons (Fsp3) is 0.500. The summed E-state index contributed by atoms with van der Waals surface area (Å²) in [5, 5.41) is 3.86. The van der Waals surface area contributed by atoms with Crippen LogP contribution >= 0.6 is 0 Å². The van der Waals surface area contributed by atoms with Crippen LogP contribution in [0.2, 0.25) is 0 Å². The van der Waals surface area contributed by atoms with Crippen LogP contribution < -0.4 is 10.1 Å². The molecule has 0 aliphatic rings. The first kappa shape index (κ1) is 19.2. The average Bonchev–Trinajstić information content (AvgIpc) is 2.60. The molecule has 5 heteroatoms. The summed E-state index contributed by atoms with van der Waals surface area (Å²) < 4.78 is 11.3. The number of anilines is 1. The van der Waals surface area contributed by atoms with Gasteiger partial charge < -0.3 is 14.8 Å². The second kappa shape index (κ2) is 8.30. The van der Waals surface area contributed by atoms with Crippen molar-refractivity contribution in [3.05, 3.63) is 30.5 Å². The third-order valence-electron chi connectivity index (χ3n) is 4.17. The van der Waals surface area contributed by atoms with Crippen molar-refractivity contribution in [1.82, 2.24) is 4.98 Å². The summed E-state index contributed by atoms with van der Waals surface area (Å²) in [6.07, 6.45) is 3.29. The number of rotatable bonds is 8. The SMILES string of the molecule is CCCOc1ccc(NC(=O)[C@@](C)(CC(C)C)OC)c2cccnc12. The molecule has 0 unspecified atom stereocenters. The van der Waals surface area contributed by atoms with Gasteiger partial charge in [-0.05, 0) is 49.9 Å². The van der Waals surface area contributed by atoms with Crippen molar-refractivity contribution < 1.29 is 14.3 Å². The molecule has 5 nitrogen and oxygen atoms in total. The Morgan fingerprint density at radius 1 is 1.32 bits per heavy atom. The van der Waals surface area contributed by atoms with Gasteiger partial charge in [-0.1, -0.05) is 20.8 Å². The number of methoxy groups -OCH3 is 1. The molecule has 0 aliphatic carbocycles. The molecule has 1 N–H and O–H groups in total. The lowest BCUT2D eigenvalue weighted by atomic mass is 9.93. The van der Waals surface area contributed by atoms with E-state index in [4.69, 9.17) is 9.47 Å². The zero-order chi connectivity index (χ0) is 18.4. The van der Waals surface area contributed by atoms with E-state index < -0.39 is 5.60 Å². The molecule has 1 amide bonds. The van der Waals surface area contributed by atoms with Crippen molar-refractivity contribution in [2.45, 2.75) is 46.1 Å². The van der Waals surface area contributed by atoms with Crippen LogP contribution in [0.4, 0.5) is 5.69 Å². The molecule has 0 fully saturated rings. The number of fused-ring (bicyclic) bond motifs is 1. The summed E-state index contributed by atoms with van der Waals surface area (Å²) in [5.74, 6) is 0.919. The number of nitrogens with one attached hydrogen (secondary N) is 1. The Morgan fingerprint density at radius 3 is 2.72 bits per heavy atom. The van der Waals surface area contributed by atoms with E-state index in [1.54, 1.807) is 13.3 Å². The van der Waals surface area contributed by atoms with Gasteiger partial charge in [-0.2, -0.15) is 0 Å².